The van der Waals surface area contributed by atoms with Crippen LogP contribution in [-0.2, 0) is 6.42 Å². The minimum Gasteiger partial charge on any atom is -0.341 e. The molecule has 1 aromatic heterocycles. The molecule has 0 N–H and O–H groups in total. The molecule has 190 valence electrons. The van der Waals surface area contributed by atoms with E-state index in [0.717, 1.165) is 13.0 Å². The summed E-state index contributed by atoms with van der Waals surface area (Å²) in [6.07, 6.45) is 1.11. The Balaban J connectivity index is 1.06. The van der Waals surface area contributed by atoms with Crippen LogP contribution in [0.3, 0.4) is 0 Å². The Morgan fingerprint density at radius 1 is 0.400 bits per heavy atom. The van der Waals surface area contributed by atoms with Crippen molar-refractivity contribution in [3.8, 4) is 27.9 Å². The Bertz CT molecular complexity index is 1920. The highest BCUT2D eigenvalue weighted by Gasteiger charge is 2.19. The number of rotatable bonds is 4. The first-order valence-corrected chi connectivity index (χ1v) is 14.0. The van der Waals surface area contributed by atoms with Crippen LogP contribution in [0.1, 0.15) is 5.56 Å². The highest BCUT2D eigenvalue weighted by Crippen LogP contribution is 2.36. The minimum absolute atomic E-state index is 1.04. The van der Waals surface area contributed by atoms with Gasteiger partial charge in [0, 0.05) is 34.4 Å². The number of para-hydroxylation sites is 3. The lowest BCUT2D eigenvalue weighted by Gasteiger charge is -2.20. The summed E-state index contributed by atoms with van der Waals surface area (Å²) in [5.41, 5.74) is 12.6. The fourth-order valence-electron chi connectivity index (χ4n) is 6.30. The molecule has 40 heavy (non-hydrogen) atoms. The van der Waals surface area contributed by atoms with Gasteiger partial charge in [-0.2, -0.15) is 0 Å². The molecule has 1 aliphatic heterocycles. The Hall–Kier alpha value is -5.08. The molecule has 7 aromatic rings. The van der Waals surface area contributed by atoms with Gasteiger partial charge in [-0.25, -0.2) is 0 Å². The van der Waals surface area contributed by atoms with Crippen LogP contribution in [0.25, 0.3) is 49.7 Å². The lowest BCUT2D eigenvalue weighted by Crippen LogP contribution is -2.12. The fraction of sp³-hybridized carbons (Fsp3) is 0.0526. The third-order valence-corrected chi connectivity index (χ3v) is 8.32. The van der Waals surface area contributed by atoms with Gasteiger partial charge in [0.1, 0.15) is 0 Å². The van der Waals surface area contributed by atoms with E-state index < -0.39 is 0 Å². The van der Waals surface area contributed by atoms with Gasteiger partial charge in [-0.1, -0.05) is 103 Å². The molecule has 1 aliphatic rings. The first kappa shape index (κ1) is 22.9. The summed E-state index contributed by atoms with van der Waals surface area (Å²) in [5.74, 6) is 0. The quantitative estimate of drug-likeness (QED) is 0.228. The van der Waals surface area contributed by atoms with Gasteiger partial charge in [0.2, 0.25) is 0 Å². The van der Waals surface area contributed by atoms with Crippen LogP contribution in [0.15, 0.2) is 146 Å². The molecule has 0 spiro atoms. The number of aromatic nitrogens is 1. The summed E-state index contributed by atoms with van der Waals surface area (Å²) < 4.78 is 2.36. The van der Waals surface area contributed by atoms with E-state index in [1.807, 2.05) is 0 Å². The molecule has 2 heteroatoms. The summed E-state index contributed by atoms with van der Waals surface area (Å²) in [6.45, 7) is 1.04. The number of anilines is 2. The summed E-state index contributed by atoms with van der Waals surface area (Å²) in [4.78, 5) is 2.42. The summed E-state index contributed by atoms with van der Waals surface area (Å²) >= 11 is 0. The Kier molecular flexibility index (Phi) is 5.31. The number of hydrogen-bond acceptors (Lipinski definition) is 1. The molecule has 0 aliphatic carbocycles. The third kappa shape index (κ3) is 3.72. The molecule has 0 saturated carbocycles. The highest BCUT2D eigenvalue weighted by molar-refractivity contribution is 6.09. The van der Waals surface area contributed by atoms with Gasteiger partial charge in [-0.05, 0) is 76.7 Å². The lowest BCUT2D eigenvalue weighted by molar-refractivity contribution is 0.998. The fourth-order valence-corrected chi connectivity index (χ4v) is 6.30. The number of nitrogens with zero attached hydrogens (tertiary/aromatic N) is 2. The predicted molar refractivity (Wildman–Crippen MR) is 169 cm³/mol. The molecule has 0 unspecified atom stereocenters. The topological polar surface area (TPSA) is 8.17 Å². The second-order valence-electron chi connectivity index (χ2n) is 10.6. The first-order chi connectivity index (χ1) is 19.8. The molecule has 2 nitrogen and oxygen atoms in total. The van der Waals surface area contributed by atoms with Crippen LogP contribution < -0.4 is 4.90 Å². The largest absolute Gasteiger partial charge is 0.341 e. The molecule has 2 heterocycles. The average molecular weight is 513 g/mol. The van der Waals surface area contributed by atoms with Crippen molar-refractivity contribution in [1.82, 2.24) is 4.57 Å². The molecule has 0 amide bonds. The summed E-state index contributed by atoms with van der Waals surface area (Å²) in [7, 11) is 0. The monoisotopic (exact) mass is 512 g/mol. The van der Waals surface area contributed by atoms with E-state index in [9.17, 15) is 0 Å². The minimum atomic E-state index is 1.04. The molecule has 0 saturated heterocycles. The SMILES string of the molecule is c1ccc2c(c1)CCN2c1ccc(-c2ccc(-c3ccc(-n4c5ccccc5c5ccccc54)cc3)cc2)cc1. The molecule has 0 fully saturated rings. The predicted octanol–water partition coefficient (Wildman–Crippen LogP) is 9.81. The zero-order valence-electron chi connectivity index (χ0n) is 22.2. The standard InChI is InChI=1S/C38H28N2/c1-4-10-36-31(7-1)25-26-39(36)32-21-17-29(18-22-32)27-13-15-28(16-14-27)30-19-23-33(24-20-30)40-37-11-5-2-8-34(37)35-9-3-6-12-38(35)40/h1-24H,25-26H2. The van der Waals surface area contributed by atoms with Gasteiger partial charge in [0.05, 0.1) is 11.0 Å². The summed E-state index contributed by atoms with van der Waals surface area (Å²) in [6, 6.07) is 52.9. The first-order valence-electron chi connectivity index (χ1n) is 14.0. The Morgan fingerprint density at radius 2 is 0.850 bits per heavy atom. The molecule has 6 aromatic carbocycles. The van der Waals surface area contributed by atoms with Crippen LogP contribution in [-0.4, -0.2) is 11.1 Å². The molecular formula is C38H28N2. The van der Waals surface area contributed by atoms with Crippen molar-refractivity contribution in [3.05, 3.63) is 151 Å². The van der Waals surface area contributed by atoms with Crippen LogP contribution in [0.5, 0.6) is 0 Å². The van der Waals surface area contributed by atoms with Crippen molar-refractivity contribution < 1.29 is 0 Å². The van der Waals surface area contributed by atoms with E-state index in [4.69, 9.17) is 0 Å². The van der Waals surface area contributed by atoms with E-state index in [0.29, 0.717) is 0 Å². The third-order valence-electron chi connectivity index (χ3n) is 8.32. The molecule has 0 bridgehead atoms. The average Bonchev–Trinajstić information content (AvgIpc) is 3.61. The second kappa shape index (κ2) is 9.29. The lowest BCUT2D eigenvalue weighted by atomic mass is 10.00. The van der Waals surface area contributed by atoms with E-state index in [1.165, 1.54) is 66.7 Å². The number of fused-ring (bicyclic) bond motifs is 4. The zero-order valence-corrected chi connectivity index (χ0v) is 22.2. The van der Waals surface area contributed by atoms with Crippen molar-refractivity contribution in [1.29, 1.82) is 0 Å². The van der Waals surface area contributed by atoms with Crippen molar-refractivity contribution >= 4 is 33.2 Å². The van der Waals surface area contributed by atoms with E-state index in [-0.39, 0.29) is 0 Å². The molecule has 0 radical (unpaired) electrons. The van der Waals surface area contributed by atoms with Crippen molar-refractivity contribution in [3.63, 3.8) is 0 Å². The van der Waals surface area contributed by atoms with Crippen molar-refractivity contribution in [2.45, 2.75) is 6.42 Å². The van der Waals surface area contributed by atoms with Gasteiger partial charge in [-0.3, -0.25) is 0 Å². The smallest absolute Gasteiger partial charge is 0.0541 e. The van der Waals surface area contributed by atoms with Crippen LogP contribution >= 0.6 is 0 Å². The maximum atomic E-state index is 2.42. The van der Waals surface area contributed by atoms with E-state index in [2.05, 4.69) is 155 Å². The second-order valence-corrected chi connectivity index (χ2v) is 10.6. The molecular weight excluding hydrogens is 484 g/mol. The van der Waals surface area contributed by atoms with Crippen LogP contribution in [0, 0.1) is 0 Å². The van der Waals surface area contributed by atoms with Gasteiger partial charge >= 0.3 is 0 Å². The number of hydrogen-bond donors (Lipinski definition) is 0. The Labute approximate surface area is 234 Å². The van der Waals surface area contributed by atoms with E-state index in [1.54, 1.807) is 0 Å². The maximum Gasteiger partial charge on any atom is 0.0541 e. The number of benzene rings is 6. The van der Waals surface area contributed by atoms with Gasteiger partial charge in [0.25, 0.3) is 0 Å². The summed E-state index contributed by atoms with van der Waals surface area (Å²) in [5, 5.41) is 2.58. The van der Waals surface area contributed by atoms with Gasteiger partial charge in [0.15, 0.2) is 0 Å². The zero-order chi connectivity index (χ0) is 26.5. The van der Waals surface area contributed by atoms with Gasteiger partial charge < -0.3 is 9.47 Å². The normalized spacial score (nSPS) is 12.8. The van der Waals surface area contributed by atoms with E-state index >= 15 is 0 Å². The molecule has 0 atom stereocenters. The molecule has 8 rings (SSSR count). The highest BCUT2D eigenvalue weighted by atomic mass is 15.2. The maximum absolute atomic E-state index is 2.42. The van der Waals surface area contributed by atoms with Gasteiger partial charge in [-0.15, -0.1) is 0 Å². The van der Waals surface area contributed by atoms with Crippen molar-refractivity contribution in [2.75, 3.05) is 11.4 Å². The van der Waals surface area contributed by atoms with Crippen LogP contribution in [0.4, 0.5) is 11.4 Å². The van der Waals surface area contributed by atoms with Crippen LogP contribution in [0.2, 0.25) is 0 Å². The van der Waals surface area contributed by atoms with Crippen molar-refractivity contribution in [2.24, 2.45) is 0 Å². The Morgan fingerprint density at radius 3 is 1.43 bits per heavy atom.